The van der Waals surface area contributed by atoms with Gasteiger partial charge in [0.05, 0.1) is 25.6 Å². The van der Waals surface area contributed by atoms with Crippen molar-refractivity contribution >= 4 is 0 Å². The van der Waals surface area contributed by atoms with Gasteiger partial charge in [0, 0.05) is 6.42 Å². The van der Waals surface area contributed by atoms with Crippen molar-refractivity contribution in [2.24, 2.45) is 0 Å². The van der Waals surface area contributed by atoms with Crippen LogP contribution in [0.2, 0.25) is 0 Å². The smallest absolute Gasteiger partial charge is 0.107 e. The standard InChI is InChI=1S/C7H12O4/c8-2-5-1-6(10)7(3-9)11-4-5/h2,6-10H,1,3-4H2/b5-2+/t6-,7+/m0/s1. The topological polar surface area (TPSA) is 69.9 Å². The van der Waals surface area contributed by atoms with E-state index in [1.165, 1.54) is 0 Å². The molecule has 64 valence electrons. The number of hydrogen-bond donors (Lipinski definition) is 3. The van der Waals surface area contributed by atoms with Crippen molar-refractivity contribution < 1.29 is 20.1 Å². The fraction of sp³-hybridized carbons (Fsp3) is 0.714. The summed E-state index contributed by atoms with van der Waals surface area (Å²) >= 11 is 0. The third-order valence-corrected chi connectivity index (χ3v) is 1.75. The first-order chi connectivity index (χ1) is 5.27. The summed E-state index contributed by atoms with van der Waals surface area (Å²) in [6.07, 6.45) is 0.115. The normalized spacial score (nSPS) is 36.0. The molecule has 1 heterocycles. The molecule has 2 atom stereocenters. The minimum absolute atomic E-state index is 0.181. The zero-order valence-electron chi connectivity index (χ0n) is 6.10. The predicted octanol–water partition coefficient (Wildman–Crippen LogP) is -0.430. The van der Waals surface area contributed by atoms with Crippen molar-refractivity contribution in [3.63, 3.8) is 0 Å². The third-order valence-electron chi connectivity index (χ3n) is 1.75. The van der Waals surface area contributed by atoms with E-state index in [0.717, 1.165) is 6.26 Å². The Bertz CT molecular complexity index is 155. The number of hydrogen-bond acceptors (Lipinski definition) is 4. The molecule has 0 aliphatic carbocycles. The van der Waals surface area contributed by atoms with Gasteiger partial charge in [-0.1, -0.05) is 0 Å². The van der Waals surface area contributed by atoms with Gasteiger partial charge in [0.25, 0.3) is 0 Å². The Morgan fingerprint density at radius 2 is 2.36 bits per heavy atom. The Kier molecular flexibility index (Phi) is 2.87. The van der Waals surface area contributed by atoms with Crippen LogP contribution in [0.1, 0.15) is 6.42 Å². The van der Waals surface area contributed by atoms with Gasteiger partial charge in [-0.2, -0.15) is 0 Å². The molecule has 0 bridgehead atoms. The van der Waals surface area contributed by atoms with Gasteiger partial charge in [-0.3, -0.25) is 0 Å². The van der Waals surface area contributed by atoms with E-state index >= 15 is 0 Å². The fourth-order valence-electron chi connectivity index (χ4n) is 1.05. The monoisotopic (exact) mass is 160 g/mol. The third kappa shape index (κ3) is 1.92. The van der Waals surface area contributed by atoms with Crippen molar-refractivity contribution in [2.45, 2.75) is 18.6 Å². The highest BCUT2D eigenvalue weighted by atomic mass is 16.5. The Morgan fingerprint density at radius 3 is 2.82 bits per heavy atom. The summed E-state index contributed by atoms with van der Waals surface area (Å²) in [6.45, 7) is 0.110. The molecule has 0 aromatic heterocycles. The lowest BCUT2D eigenvalue weighted by molar-refractivity contribution is -0.0759. The van der Waals surface area contributed by atoms with Gasteiger partial charge in [0.2, 0.25) is 0 Å². The van der Waals surface area contributed by atoms with Crippen LogP contribution in [0.25, 0.3) is 0 Å². The zero-order valence-corrected chi connectivity index (χ0v) is 6.10. The SMILES string of the molecule is O/C=C1/CO[C@H](CO)[C@@H](O)C1. The molecule has 1 rings (SSSR count). The second kappa shape index (κ2) is 3.71. The van der Waals surface area contributed by atoms with E-state index in [4.69, 9.17) is 14.9 Å². The summed E-state index contributed by atoms with van der Waals surface area (Å²) in [5, 5.41) is 26.4. The molecular weight excluding hydrogens is 148 g/mol. The van der Waals surface area contributed by atoms with Crippen LogP contribution in [0.3, 0.4) is 0 Å². The van der Waals surface area contributed by atoms with Crippen LogP contribution in [0.15, 0.2) is 11.8 Å². The fourth-order valence-corrected chi connectivity index (χ4v) is 1.05. The van der Waals surface area contributed by atoms with Crippen molar-refractivity contribution in [3.8, 4) is 0 Å². The van der Waals surface area contributed by atoms with Crippen LogP contribution in [0.4, 0.5) is 0 Å². The number of rotatable bonds is 1. The van der Waals surface area contributed by atoms with Crippen LogP contribution in [0, 0.1) is 0 Å². The maximum absolute atomic E-state index is 9.23. The highest BCUT2D eigenvalue weighted by Crippen LogP contribution is 2.17. The van der Waals surface area contributed by atoms with Crippen LogP contribution in [-0.4, -0.2) is 40.7 Å². The van der Waals surface area contributed by atoms with E-state index in [1.54, 1.807) is 0 Å². The van der Waals surface area contributed by atoms with E-state index in [1.807, 2.05) is 0 Å². The first-order valence-electron chi connectivity index (χ1n) is 3.50. The Morgan fingerprint density at radius 1 is 1.64 bits per heavy atom. The summed E-state index contributed by atoms with van der Waals surface area (Å²) < 4.78 is 5.01. The van der Waals surface area contributed by atoms with Crippen LogP contribution < -0.4 is 0 Å². The summed E-state index contributed by atoms with van der Waals surface area (Å²) in [6, 6.07) is 0. The van der Waals surface area contributed by atoms with Crippen molar-refractivity contribution in [2.75, 3.05) is 13.2 Å². The van der Waals surface area contributed by atoms with E-state index in [0.29, 0.717) is 18.6 Å². The maximum atomic E-state index is 9.23. The molecule has 0 aromatic carbocycles. The maximum Gasteiger partial charge on any atom is 0.107 e. The summed E-state index contributed by atoms with van der Waals surface area (Å²) in [5.41, 5.74) is 0.655. The molecule has 1 aliphatic rings. The van der Waals surface area contributed by atoms with Crippen molar-refractivity contribution in [1.82, 2.24) is 0 Å². The number of aliphatic hydroxyl groups is 3. The summed E-state index contributed by atoms with van der Waals surface area (Å²) in [7, 11) is 0. The zero-order chi connectivity index (χ0) is 8.27. The van der Waals surface area contributed by atoms with E-state index < -0.39 is 12.2 Å². The average molecular weight is 160 g/mol. The van der Waals surface area contributed by atoms with E-state index in [2.05, 4.69) is 0 Å². The summed E-state index contributed by atoms with van der Waals surface area (Å²) in [5.74, 6) is 0. The molecule has 0 unspecified atom stereocenters. The molecule has 1 saturated heterocycles. The number of aliphatic hydroxyl groups excluding tert-OH is 3. The van der Waals surface area contributed by atoms with E-state index in [-0.39, 0.29) is 6.61 Å². The van der Waals surface area contributed by atoms with E-state index in [9.17, 15) is 5.11 Å². The second-order valence-corrected chi connectivity index (χ2v) is 2.59. The summed E-state index contributed by atoms with van der Waals surface area (Å²) in [4.78, 5) is 0. The van der Waals surface area contributed by atoms with Gasteiger partial charge < -0.3 is 20.1 Å². The highest BCUT2D eigenvalue weighted by Gasteiger charge is 2.25. The minimum atomic E-state index is -0.702. The molecule has 11 heavy (non-hydrogen) atoms. The molecule has 4 nitrogen and oxygen atoms in total. The van der Waals surface area contributed by atoms with Gasteiger partial charge in [-0.25, -0.2) is 0 Å². The molecule has 0 aromatic rings. The largest absolute Gasteiger partial charge is 0.516 e. The van der Waals surface area contributed by atoms with Crippen LogP contribution >= 0.6 is 0 Å². The highest BCUT2D eigenvalue weighted by molar-refractivity contribution is 5.03. The first-order valence-corrected chi connectivity index (χ1v) is 3.50. The van der Waals surface area contributed by atoms with Gasteiger partial charge in [0.15, 0.2) is 0 Å². The number of ether oxygens (including phenoxy) is 1. The van der Waals surface area contributed by atoms with Crippen molar-refractivity contribution in [3.05, 3.63) is 11.8 Å². The van der Waals surface area contributed by atoms with Gasteiger partial charge >= 0.3 is 0 Å². The molecule has 1 fully saturated rings. The molecule has 4 heteroatoms. The second-order valence-electron chi connectivity index (χ2n) is 2.59. The molecule has 3 N–H and O–H groups in total. The first kappa shape index (κ1) is 8.52. The van der Waals surface area contributed by atoms with Crippen LogP contribution in [-0.2, 0) is 4.74 Å². The molecule has 0 radical (unpaired) electrons. The molecule has 0 saturated carbocycles. The Hall–Kier alpha value is -0.580. The quantitative estimate of drug-likeness (QED) is 0.455. The van der Waals surface area contributed by atoms with Crippen molar-refractivity contribution in [1.29, 1.82) is 0 Å². The van der Waals surface area contributed by atoms with Crippen LogP contribution in [0.5, 0.6) is 0 Å². The average Bonchev–Trinajstić information content (AvgIpc) is 2.04. The predicted molar refractivity (Wildman–Crippen MR) is 38.2 cm³/mol. The minimum Gasteiger partial charge on any atom is -0.516 e. The van der Waals surface area contributed by atoms with Gasteiger partial charge in [0.1, 0.15) is 6.10 Å². The van der Waals surface area contributed by atoms with Gasteiger partial charge in [-0.05, 0) is 5.57 Å². The lowest BCUT2D eigenvalue weighted by atomic mass is 10.0. The Labute approximate surface area is 64.7 Å². The van der Waals surface area contributed by atoms with Gasteiger partial charge in [-0.15, -0.1) is 0 Å². The Balaban J connectivity index is 2.47. The molecular formula is C7H12O4. The molecule has 0 amide bonds. The lowest BCUT2D eigenvalue weighted by Crippen LogP contribution is -2.37. The molecule has 0 spiro atoms. The molecule has 1 aliphatic heterocycles. The lowest BCUT2D eigenvalue weighted by Gasteiger charge is -2.27.